The van der Waals surface area contributed by atoms with Crippen LogP contribution in [0.2, 0.25) is 0 Å². The van der Waals surface area contributed by atoms with Crippen molar-refractivity contribution in [3.63, 3.8) is 0 Å². The number of nitrogens with zero attached hydrogens (tertiary/aromatic N) is 5. The number of aromatic nitrogens is 2. The monoisotopic (exact) mass is 577 g/mol. The van der Waals surface area contributed by atoms with Crippen LogP contribution in [0, 0.1) is 23.7 Å². The Labute approximate surface area is 234 Å². The van der Waals surface area contributed by atoms with Crippen molar-refractivity contribution in [3.05, 3.63) is 12.1 Å². The van der Waals surface area contributed by atoms with Gasteiger partial charge in [-0.05, 0) is 60.5 Å². The highest BCUT2D eigenvalue weighted by Crippen LogP contribution is 2.60. The zero-order chi connectivity index (χ0) is 28.0. The van der Waals surface area contributed by atoms with Crippen molar-refractivity contribution in [1.29, 1.82) is 0 Å². The SMILES string of the molecule is C[C@H]1[C@H](N2CCN(c3ccc(S(=O)(=O)N(C)C)c4nonc34)CC2)O[C@@H]2O[C@]3(C)CC[C@H]4[C@H](C)CC[C@@H]1[C@@]24OO3. The van der Waals surface area contributed by atoms with E-state index in [4.69, 9.17) is 23.9 Å². The average molecular weight is 578 g/mol. The van der Waals surface area contributed by atoms with Gasteiger partial charge in [0.2, 0.25) is 15.8 Å². The van der Waals surface area contributed by atoms with Crippen LogP contribution < -0.4 is 4.90 Å². The molecule has 13 heteroatoms. The molecular formula is C27H39N5O7S. The molecule has 1 saturated carbocycles. The van der Waals surface area contributed by atoms with Crippen LogP contribution in [0.5, 0.6) is 0 Å². The van der Waals surface area contributed by atoms with Gasteiger partial charge in [0.25, 0.3) is 0 Å². The Morgan fingerprint density at radius 2 is 1.73 bits per heavy atom. The van der Waals surface area contributed by atoms with Gasteiger partial charge in [0.05, 0.1) is 5.69 Å². The van der Waals surface area contributed by atoms with Crippen molar-refractivity contribution in [2.45, 2.75) is 75.3 Å². The lowest BCUT2D eigenvalue weighted by Crippen LogP contribution is -2.72. The Morgan fingerprint density at radius 1 is 0.975 bits per heavy atom. The minimum absolute atomic E-state index is 0.0900. The van der Waals surface area contributed by atoms with Crippen molar-refractivity contribution in [2.75, 3.05) is 45.2 Å². The molecule has 40 heavy (non-hydrogen) atoms. The first-order valence-electron chi connectivity index (χ1n) is 14.4. The molecule has 1 spiro atoms. The summed E-state index contributed by atoms with van der Waals surface area (Å²) >= 11 is 0. The van der Waals surface area contributed by atoms with Crippen LogP contribution in [0.25, 0.3) is 11.0 Å². The third-order valence-corrected chi connectivity index (χ3v) is 12.1. The van der Waals surface area contributed by atoms with Gasteiger partial charge >= 0.3 is 0 Å². The predicted molar refractivity (Wildman–Crippen MR) is 143 cm³/mol. The zero-order valence-electron chi connectivity index (χ0n) is 23.8. The van der Waals surface area contributed by atoms with Gasteiger partial charge < -0.3 is 14.4 Å². The van der Waals surface area contributed by atoms with Gasteiger partial charge in [-0.2, -0.15) is 0 Å². The Balaban J connectivity index is 1.12. The van der Waals surface area contributed by atoms with E-state index in [-0.39, 0.29) is 28.5 Å². The normalized spacial score (nSPS) is 40.4. The fourth-order valence-corrected chi connectivity index (χ4v) is 9.02. The summed E-state index contributed by atoms with van der Waals surface area (Å²) in [6.45, 7) is 9.59. The van der Waals surface area contributed by atoms with Gasteiger partial charge in [-0.25, -0.2) is 27.1 Å². The molecular weight excluding hydrogens is 538 g/mol. The first-order valence-corrected chi connectivity index (χ1v) is 15.9. The number of piperazine rings is 1. The van der Waals surface area contributed by atoms with E-state index in [1.54, 1.807) is 12.1 Å². The van der Waals surface area contributed by atoms with Gasteiger partial charge in [-0.15, -0.1) is 0 Å². The molecule has 1 aromatic carbocycles. The highest BCUT2D eigenvalue weighted by molar-refractivity contribution is 7.89. The predicted octanol–water partition coefficient (Wildman–Crippen LogP) is 2.80. The first-order chi connectivity index (χ1) is 19.0. The van der Waals surface area contributed by atoms with E-state index in [2.05, 4.69) is 34.0 Å². The lowest BCUT2D eigenvalue weighted by molar-refractivity contribution is -0.574. The molecule has 6 fully saturated rings. The van der Waals surface area contributed by atoms with Gasteiger partial charge in [0.15, 0.2) is 22.9 Å². The number of ether oxygens (including phenoxy) is 2. The molecule has 1 aliphatic carbocycles. The molecule has 8 atom stereocenters. The standard InChI is InChI=1S/C27H39N5O7S/c1-16-6-7-19-17(2)24(35-25-27(19)18(16)10-11-26(3,36-25)37-38-27)32-14-12-31(13-15-32)20-8-9-21(40(33,34)30(4)5)23-22(20)28-39-29-23/h8-9,16-19,24-25H,6-7,10-15H2,1-5H3/t16-,17-,18+,19+,24-,25-,26+,27-/m1/s1. The maximum atomic E-state index is 12.8. The Kier molecular flexibility index (Phi) is 6.29. The summed E-state index contributed by atoms with van der Waals surface area (Å²) in [6.07, 6.45) is 3.51. The summed E-state index contributed by atoms with van der Waals surface area (Å²) in [5.41, 5.74) is 0.958. The van der Waals surface area contributed by atoms with Crippen LogP contribution in [0.15, 0.2) is 21.7 Å². The molecule has 6 heterocycles. The molecule has 5 aliphatic heterocycles. The number of sulfonamides is 1. The molecule has 0 N–H and O–H groups in total. The molecule has 5 saturated heterocycles. The van der Waals surface area contributed by atoms with Crippen LogP contribution in [0.4, 0.5) is 5.69 Å². The fraction of sp³-hybridized carbons (Fsp3) is 0.778. The average Bonchev–Trinajstić information content (AvgIpc) is 3.31. The van der Waals surface area contributed by atoms with Crippen LogP contribution in [0.1, 0.15) is 46.5 Å². The topological polar surface area (TPSA) is 120 Å². The molecule has 2 aromatic rings. The Hall–Kier alpha value is -1.87. The first kappa shape index (κ1) is 27.0. The molecule has 1 aromatic heterocycles. The maximum Gasteiger partial charge on any atom is 0.244 e. The second-order valence-corrected chi connectivity index (χ2v) is 14.8. The van der Waals surface area contributed by atoms with E-state index in [9.17, 15) is 8.42 Å². The zero-order valence-corrected chi connectivity index (χ0v) is 24.6. The summed E-state index contributed by atoms with van der Waals surface area (Å²) in [5, 5.41) is 8.02. The summed E-state index contributed by atoms with van der Waals surface area (Å²) in [5.74, 6) is 0.618. The lowest BCUT2D eigenvalue weighted by atomic mass is 9.58. The van der Waals surface area contributed by atoms with E-state index in [0.717, 1.165) is 51.1 Å². The van der Waals surface area contributed by atoms with Crippen molar-refractivity contribution in [3.8, 4) is 0 Å². The van der Waals surface area contributed by atoms with E-state index < -0.39 is 27.7 Å². The Bertz CT molecular complexity index is 1390. The van der Waals surface area contributed by atoms with E-state index in [0.29, 0.717) is 17.4 Å². The molecule has 2 bridgehead atoms. The third-order valence-electron chi connectivity index (χ3n) is 10.3. The second-order valence-electron chi connectivity index (χ2n) is 12.7. The Morgan fingerprint density at radius 3 is 2.48 bits per heavy atom. The van der Waals surface area contributed by atoms with Gasteiger partial charge in [0.1, 0.15) is 11.1 Å². The molecule has 8 rings (SSSR count). The highest BCUT2D eigenvalue weighted by atomic mass is 32.2. The number of benzene rings is 1. The van der Waals surface area contributed by atoms with Crippen molar-refractivity contribution in [2.24, 2.45) is 23.7 Å². The van der Waals surface area contributed by atoms with Gasteiger partial charge in [0, 0.05) is 58.5 Å². The fourth-order valence-electron chi connectivity index (χ4n) is 8.01. The van der Waals surface area contributed by atoms with E-state index in [1.165, 1.54) is 24.8 Å². The van der Waals surface area contributed by atoms with Crippen molar-refractivity contribution in [1.82, 2.24) is 19.5 Å². The third kappa shape index (κ3) is 3.81. The van der Waals surface area contributed by atoms with Gasteiger partial charge in [-0.1, -0.05) is 13.8 Å². The van der Waals surface area contributed by atoms with Crippen LogP contribution in [-0.2, 0) is 29.3 Å². The number of fused-ring (bicyclic) bond motifs is 3. The second kappa shape index (κ2) is 9.32. The highest BCUT2D eigenvalue weighted by Gasteiger charge is 2.69. The summed E-state index contributed by atoms with van der Waals surface area (Å²) in [6, 6.07) is 3.40. The number of anilines is 1. The number of hydrogen-bond acceptors (Lipinski definition) is 11. The summed E-state index contributed by atoms with van der Waals surface area (Å²) < 4.78 is 45.2. The number of hydrogen-bond donors (Lipinski definition) is 0. The molecule has 0 unspecified atom stereocenters. The molecule has 6 aliphatic rings. The minimum Gasteiger partial charge on any atom is -0.367 e. The van der Waals surface area contributed by atoms with Crippen LogP contribution in [-0.4, -0.2) is 92.1 Å². The minimum atomic E-state index is -3.69. The smallest absolute Gasteiger partial charge is 0.244 e. The molecule has 220 valence electrons. The van der Waals surface area contributed by atoms with Crippen molar-refractivity contribution < 1.29 is 32.3 Å². The van der Waals surface area contributed by atoms with Crippen LogP contribution in [0.3, 0.4) is 0 Å². The van der Waals surface area contributed by atoms with Gasteiger partial charge in [-0.3, -0.25) is 4.90 Å². The van der Waals surface area contributed by atoms with Crippen molar-refractivity contribution >= 4 is 26.7 Å². The summed E-state index contributed by atoms with van der Waals surface area (Å²) in [7, 11) is -0.692. The number of rotatable bonds is 4. The maximum absolute atomic E-state index is 12.8. The molecule has 0 radical (unpaired) electrons. The van der Waals surface area contributed by atoms with E-state index >= 15 is 0 Å². The quantitative estimate of drug-likeness (QED) is 0.499. The lowest BCUT2D eigenvalue weighted by Gasteiger charge is -2.61. The van der Waals surface area contributed by atoms with E-state index in [1.807, 2.05) is 6.92 Å². The molecule has 12 nitrogen and oxygen atoms in total. The largest absolute Gasteiger partial charge is 0.367 e. The summed E-state index contributed by atoms with van der Waals surface area (Å²) in [4.78, 5) is 17.0. The molecule has 0 amide bonds. The van der Waals surface area contributed by atoms with Crippen LogP contribution >= 0.6 is 0 Å².